The van der Waals surface area contributed by atoms with Gasteiger partial charge in [0.1, 0.15) is 41.6 Å². The molecule has 24 heteroatoms. The van der Waals surface area contributed by atoms with E-state index in [2.05, 4.69) is 41.6 Å². The SMILES string of the molecule is CC(=O)N[C@@H](CCCN=C(N)N)C(=O)N[C@H]1CCC(=O)CCCC[C@@H](C(N)=O)NC(=O)[C@H](Cc2c[nH]c3ccccc23)CC(=O)[C@H](CCCN=C(N)N)CC(=O)[C@@H](Cc2ccccc2F)NC(=O)[C@H](CO)NC1=O. The summed E-state index contributed by atoms with van der Waals surface area (Å²) in [5.74, 6) is -10.0. The summed E-state index contributed by atoms with van der Waals surface area (Å²) in [5.41, 5.74) is 29.2. The Bertz CT molecular complexity index is 2530. The van der Waals surface area contributed by atoms with Crippen molar-refractivity contribution >= 4 is 75.6 Å². The number of carbonyl (C=O) groups excluding carboxylic acids is 9. The average Bonchev–Trinajstić information content (AvgIpc) is 3.76. The first-order valence-electron chi connectivity index (χ1n) is 24.6. The number of nitrogens with zero attached hydrogens (tertiary/aromatic N) is 2. The van der Waals surface area contributed by atoms with Crippen molar-refractivity contribution < 1.29 is 52.6 Å². The number of aliphatic hydroxyl groups is 1. The number of Topliss-reactive ketones (excluding diaryl/α,β-unsaturated/α-hetero) is 3. The Morgan fingerprint density at radius 1 is 0.743 bits per heavy atom. The van der Waals surface area contributed by atoms with Crippen LogP contribution in [0.2, 0.25) is 0 Å². The number of hydrogen-bond acceptors (Lipinski definition) is 12. The number of rotatable bonds is 17. The number of aromatic nitrogens is 1. The van der Waals surface area contributed by atoms with Gasteiger partial charge in [0.25, 0.3) is 0 Å². The number of amides is 6. The molecule has 0 bridgehead atoms. The Hall–Kier alpha value is -7.76. The number of aliphatic imine (C=N–C) groups is 2. The van der Waals surface area contributed by atoms with Crippen molar-refractivity contribution in [2.24, 2.45) is 50.5 Å². The largest absolute Gasteiger partial charge is 0.394 e. The number of hydrogen-bond donors (Lipinski definition) is 12. The van der Waals surface area contributed by atoms with Gasteiger partial charge >= 0.3 is 0 Å². The molecule has 3 aromatic rings. The molecule has 1 saturated heterocycles. The quantitative estimate of drug-likeness (QED) is 0.0448. The molecule has 402 valence electrons. The Balaban J connectivity index is 1.75. The second-order valence-electron chi connectivity index (χ2n) is 18.4. The highest BCUT2D eigenvalue weighted by Gasteiger charge is 2.35. The van der Waals surface area contributed by atoms with Gasteiger partial charge in [0.2, 0.25) is 35.4 Å². The zero-order valence-corrected chi connectivity index (χ0v) is 41.5. The summed E-state index contributed by atoms with van der Waals surface area (Å²) in [6.45, 7) is 0.313. The third kappa shape index (κ3) is 19.3. The molecule has 1 aromatic heterocycles. The number of halogens is 1. The van der Waals surface area contributed by atoms with Gasteiger partial charge in [0.15, 0.2) is 17.7 Å². The van der Waals surface area contributed by atoms with E-state index in [1.165, 1.54) is 25.1 Å². The van der Waals surface area contributed by atoms with Gasteiger partial charge < -0.3 is 65.3 Å². The van der Waals surface area contributed by atoms with Crippen LogP contribution in [0.5, 0.6) is 0 Å². The van der Waals surface area contributed by atoms with Crippen LogP contribution in [-0.4, -0.2) is 125 Å². The van der Waals surface area contributed by atoms with Gasteiger partial charge in [-0.15, -0.1) is 0 Å². The van der Waals surface area contributed by atoms with Crippen LogP contribution in [-0.2, 0) is 56.0 Å². The fourth-order valence-electron chi connectivity index (χ4n) is 8.64. The molecule has 1 fully saturated rings. The number of benzene rings is 2. The molecule has 1 aliphatic rings. The molecule has 2 heterocycles. The van der Waals surface area contributed by atoms with Gasteiger partial charge in [-0.3, -0.25) is 53.1 Å². The molecule has 0 aliphatic carbocycles. The molecule has 2 aromatic carbocycles. The third-order valence-electron chi connectivity index (χ3n) is 12.6. The average molecular weight is 1030 g/mol. The highest BCUT2D eigenvalue weighted by atomic mass is 19.1. The minimum Gasteiger partial charge on any atom is -0.394 e. The van der Waals surface area contributed by atoms with E-state index in [0.717, 1.165) is 17.0 Å². The summed E-state index contributed by atoms with van der Waals surface area (Å²) in [5, 5.41) is 24.0. The molecule has 23 nitrogen and oxygen atoms in total. The fourth-order valence-corrected chi connectivity index (χ4v) is 8.64. The highest BCUT2D eigenvalue weighted by Crippen LogP contribution is 2.26. The van der Waals surface area contributed by atoms with Crippen LogP contribution in [0, 0.1) is 17.7 Å². The predicted molar refractivity (Wildman–Crippen MR) is 272 cm³/mol. The summed E-state index contributed by atoms with van der Waals surface area (Å²) in [6, 6.07) is 5.50. The van der Waals surface area contributed by atoms with Gasteiger partial charge in [0.05, 0.1) is 12.6 Å². The van der Waals surface area contributed by atoms with Crippen LogP contribution in [0.4, 0.5) is 4.39 Å². The number of aliphatic hydroxyl groups excluding tert-OH is 1. The molecule has 0 saturated carbocycles. The summed E-state index contributed by atoms with van der Waals surface area (Å²) >= 11 is 0. The van der Waals surface area contributed by atoms with Crippen molar-refractivity contribution in [2.75, 3.05) is 19.7 Å². The topological polar surface area (TPSA) is 405 Å². The number of fused-ring (bicyclic) bond motifs is 1. The van der Waals surface area contributed by atoms with Crippen molar-refractivity contribution in [3.8, 4) is 0 Å². The number of carbonyl (C=O) groups is 9. The highest BCUT2D eigenvalue weighted by molar-refractivity contribution is 5.98. The summed E-state index contributed by atoms with van der Waals surface area (Å²) in [6.07, 6.45) is 0.608. The molecule has 0 radical (unpaired) electrons. The molecule has 17 N–H and O–H groups in total. The second-order valence-corrected chi connectivity index (χ2v) is 18.4. The zero-order chi connectivity index (χ0) is 54.3. The van der Waals surface area contributed by atoms with E-state index in [1.807, 2.05) is 24.3 Å². The number of nitrogens with one attached hydrogen (secondary N) is 6. The van der Waals surface area contributed by atoms with Crippen LogP contribution in [0.15, 0.2) is 64.7 Å². The van der Waals surface area contributed by atoms with E-state index >= 15 is 4.39 Å². The summed E-state index contributed by atoms with van der Waals surface area (Å²) in [7, 11) is 0. The second kappa shape index (κ2) is 29.7. The molecule has 4 rings (SSSR count). The number of guanidine groups is 2. The zero-order valence-electron chi connectivity index (χ0n) is 41.5. The minimum absolute atomic E-state index is 0.00247. The van der Waals surface area contributed by atoms with Crippen molar-refractivity contribution in [2.45, 2.75) is 127 Å². The Morgan fingerprint density at radius 3 is 2.08 bits per heavy atom. The number of H-pyrrole nitrogens is 1. The Labute approximate surface area is 427 Å². The normalized spacial score (nSPS) is 21.6. The molecule has 6 amide bonds. The molecule has 0 unspecified atom stereocenters. The number of para-hydroxylation sites is 1. The van der Waals surface area contributed by atoms with Gasteiger partial charge in [-0.05, 0) is 74.6 Å². The summed E-state index contributed by atoms with van der Waals surface area (Å²) in [4.78, 5) is 135. The maximum atomic E-state index is 15.3. The number of nitrogens with two attached hydrogens (primary N) is 5. The van der Waals surface area contributed by atoms with E-state index in [0.29, 0.717) is 5.56 Å². The minimum atomic E-state index is -1.78. The van der Waals surface area contributed by atoms with Crippen molar-refractivity contribution in [3.63, 3.8) is 0 Å². The first kappa shape index (κ1) is 58.8. The lowest BCUT2D eigenvalue weighted by molar-refractivity contribution is -0.136. The van der Waals surface area contributed by atoms with Crippen LogP contribution >= 0.6 is 0 Å². The summed E-state index contributed by atoms with van der Waals surface area (Å²) < 4.78 is 15.3. The maximum Gasteiger partial charge on any atom is 0.245 e. The third-order valence-corrected chi connectivity index (χ3v) is 12.6. The molecular weight excluding hydrogens is 962 g/mol. The molecule has 1 aliphatic heterocycles. The monoisotopic (exact) mass is 1030 g/mol. The fraction of sp³-hybridized carbons (Fsp3) is 0.500. The van der Waals surface area contributed by atoms with Crippen molar-refractivity contribution in [1.29, 1.82) is 0 Å². The molecule has 7 atom stereocenters. The van der Waals surface area contributed by atoms with Crippen LogP contribution in [0.1, 0.15) is 95.1 Å². The van der Waals surface area contributed by atoms with E-state index in [4.69, 9.17) is 28.7 Å². The van der Waals surface area contributed by atoms with E-state index in [-0.39, 0.29) is 107 Å². The molecule has 74 heavy (non-hydrogen) atoms. The van der Waals surface area contributed by atoms with Crippen molar-refractivity contribution in [1.82, 2.24) is 31.6 Å². The van der Waals surface area contributed by atoms with Crippen LogP contribution in [0.3, 0.4) is 0 Å². The van der Waals surface area contributed by atoms with Gasteiger partial charge in [-0.2, -0.15) is 0 Å². The molecule has 0 spiro atoms. The van der Waals surface area contributed by atoms with E-state index in [9.17, 15) is 48.3 Å². The smallest absolute Gasteiger partial charge is 0.245 e. The lowest BCUT2D eigenvalue weighted by Crippen LogP contribution is -2.58. The Morgan fingerprint density at radius 2 is 1.41 bits per heavy atom. The molecular formula is C50H70FN13O10. The van der Waals surface area contributed by atoms with Gasteiger partial charge in [-0.1, -0.05) is 42.8 Å². The standard InChI is InChI=1S/C50H70FN13O10/c1-28(66)60-38(17-9-21-58-50(55)56)46(72)62-39-19-18-33(67)12-3-6-16-37(44(52)70)61-45(71)31(22-32-26-59-36-15-7-4-13-34(32)36)25-42(68)30(11-8-20-57-49(53)54)24-43(69)40(23-29-10-2-5-14-35(29)51)63-48(74)41(27-65)64-47(39)73/h2,4-5,7,10,13-15,26,30-31,37-41,59,65H,3,6,8-9,11-12,16-25,27H2,1H3,(H2,52,70)(H,60,66)(H,61,71)(H,62,72)(H,63,74)(H,64,73)(H4,53,54,57)(H4,55,56,58)/t30-,31-,37+,38+,39+,40-,41+/m1/s1. The predicted octanol–water partition coefficient (Wildman–Crippen LogP) is -0.805. The number of ketones is 3. The van der Waals surface area contributed by atoms with Crippen LogP contribution in [0.25, 0.3) is 10.9 Å². The number of aromatic amines is 1. The first-order valence-corrected chi connectivity index (χ1v) is 24.6. The van der Waals surface area contributed by atoms with E-state index < -0.39 is 121 Å². The lowest BCUT2D eigenvalue weighted by atomic mass is 9.83. The van der Waals surface area contributed by atoms with E-state index in [1.54, 1.807) is 6.20 Å². The first-order chi connectivity index (χ1) is 35.3. The maximum absolute atomic E-state index is 15.3. The number of primary amides is 1. The van der Waals surface area contributed by atoms with Gasteiger partial charge in [0, 0.05) is 81.1 Å². The lowest BCUT2D eigenvalue weighted by Gasteiger charge is -2.26. The van der Waals surface area contributed by atoms with Gasteiger partial charge in [-0.25, -0.2) is 4.39 Å². The van der Waals surface area contributed by atoms with Crippen molar-refractivity contribution in [3.05, 3.63) is 71.7 Å². The van der Waals surface area contributed by atoms with Crippen LogP contribution < -0.4 is 55.3 Å². The Kier molecular flexibility index (Phi) is 23.6.